The monoisotopic (exact) mass is 240 g/mol. The highest BCUT2D eigenvalue weighted by Gasteiger charge is 2.21. The maximum absolute atomic E-state index is 11.3. The largest absolute Gasteiger partial charge is 0.506 e. The number of nitrogens with one attached hydrogen (secondary N) is 1. The fraction of sp³-hybridized carbons (Fsp3) is 0.100. The fourth-order valence-corrected chi connectivity index (χ4v) is 2.10. The minimum atomic E-state index is -3.73. The zero-order chi connectivity index (χ0) is 12.3. The van der Waals surface area contributed by atoms with E-state index in [0.717, 1.165) is 6.26 Å². The van der Waals surface area contributed by atoms with Gasteiger partial charge in [-0.25, -0.2) is 8.42 Å². The summed E-state index contributed by atoms with van der Waals surface area (Å²) in [6, 6.07) is 8.08. The topological polar surface area (TPSA) is 104 Å². The van der Waals surface area contributed by atoms with Crippen molar-refractivity contribution in [3.63, 3.8) is 0 Å². The molecule has 0 aliphatic carbocycles. The number of hydrogen-bond donors (Lipinski definition) is 3. The molecule has 1 aromatic carbocycles. The third kappa shape index (κ3) is 2.60. The lowest BCUT2D eigenvalue weighted by Crippen LogP contribution is -2.21. The lowest BCUT2D eigenvalue weighted by Gasteiger charge is -2.07. The van der Waals surface area contributed by atoms with E-state index < -0.39 is 26.3 Å². The number of rotatable bonds is 3. The van der Waals surface area contributed by atoms with Crippen molar-refractivity contribution in [3.8, 4) is 0 Å². The SMILES string of the molecule is CS(=O)(=O)C(C(=N)N)=C(O)c1ccccc1. The maximum Gasteiger partial charge on any atom is 0.182 e. The average molecular weight is 240 g/mol. The summed E-state index contributed by atoms with van der Waals surface area (Å²) in [7, 11) is -3.73. The van der Waals surface area contributed by atoms with Gasteiger partial charge < -0.3 is 10.8 Å². The smallest absolute Gasteiger partial charge is 0.182 e. The molecule has 0 aliphatic rings. The molecule has 0 bridgehead atoms. The Morgan fingerprint density at radius 2 is 1.81 bits per heavy atom. The van der Waals surface area contributed by atoms with Gasteiger partial charge in [0.2, 0.25) is 0 Å². The lowest BCUT2D eigenvalue weighted by molar-refractivity contribution is 0.510. The van der Waals surface area contributed by atoms with Crippen LogP contribution in [0.3, 0.4) is 0 Å². The molecule has 0 atom stereocenters. The van der Waals surface area contributed by atoms with Crippen molar-refractivity contribution in [2.45, 2.75) is 0 Å². The Morgan fingerprint density at radius 1 is 1.31 bits per heavy atom. The molecule has 1 aromatic rings. The summed E-state index contributed by atoms with van der Waals surface area (Å²) in [6.07, 6.45) is 0.892. The highest BCUT2D eigenvalue weighted by atomic mass is 32.2. The summed E-state index contributed by atoms with van der Waals surface area (Å²) < 4.78 is 22.7. The van der Waals surface area contributed by atoms with E-state index in [1.165, 1.54) is 12.1 Å². The van der Waals surface area contributed by atoms with E-state index in [9.17, 15) is 13.5 Å². The van der Waals surface area contributed by atoms with Crippen LogP contribution < -0.4 is 5.73 Å². The number of benzene rings is 1. The predicted octanol–water partition coefficient (Wildman–Crippen LogP) is 0.894. The zero-order valence-corrected chi connectivity index (χ0v) is 9.45. The second-order valence-corrected chi connectivity index (χ2v) is 5.18. The van der Waals surface area contributed by atoms with E-state index in [4.69, 9.17) is 11.1 Å². The van der Waals surface area contributed by atoms with Crippen molar-refractivity contribution < 1.29 is 13.5 Å². The molecular formula is C10H12N2O3S. The molecular weight excluding hydrogens is 228 g/mol. The van der Waals surface area contributed by atoms with Gasteiger partial charge in [0.05, 0.1) is 0 Å². The first kappa shape index (κ1) is 12.3. The van der Waals surface area contributed by atoms with Crippen LogP contribution in [-0.4, -0.2) is 25.6 Å². The first-order valence-electron chi connectivity index (χ1n) is 4.37. The van der Waals surface area contributed by atoms with Gasteiger partial charge in [-0.05, 0) is 0 Å². The normalized spacial score (nSPS) is 13.1. The molecule has 0 amide bonds. The van der Waals surface area contributed by atoms with E-state index >= 15 is 0 Å². The van der Waals surface area contributed by atoms with Crippen LogP contribution in [0.15, 0.2) is 35.2 Å². The van der Waals surface area contributed by atoms with Crippen molar-refractivity contribution in [2.75, 3.05) is 6.26 Å². The number of hydrogen-bond acceptors (Lipinski definition) is 4. The predicted molar refractivity (Wildman–Crippen MR) is 62.7 cm³/mol. The van der Waals surface area contributed by atoms with E-state index in [1.54, 1.807) is 18.2 Å². The van der Waals surface area contributed by atoms with Crippen molar-refractivity contribution in [1.82, 2.24) is 0 Å². The standard InChI is InChI=1S/C10H12N2O3S/c1-16(14,15)9(10(11)12)8(13)7-5-3-2-4-6-7/h2-6,13H,1H3,(H3,11,12). The molecule has 16 heavy (non-hydrogen) atoms. The minimum Gasteiger partial charge on any atom is -0.506 e. The Balaban J connectivity index is 3.47. The van der Waals surface area contributed by atoms with E-state index in [2.05, 4.69) is 0 Å². The fourth-order valence-electron chi connectivity index (χ4n) is 1.23. The van der Waals surface area contributed by atoms with Gasteiger partial charge in [-0.15, -0.1) is 0 Å². The highest BCUT2D eigenvalue weighted by molar-refractivity contribution is 7.95. The van der Waals surface area contributed by atoms with Crippen molar-refractivity contribution in [3.05, 3.63) is 40.8 Å². The number of amidine groups is 1. The molecule has 0 unspecified atom stereocenters. The average Bonchev–Trinajstić information content (AvgIpc) is 2.16. The Hall–Kier alpha value is -1.82. The molecule has 0 saturated carbocycles. The summed E-state index contributed by atoms with van der Waals surface area (Å²) in [5.41, 5.74) is 5.45. The number of sulfone groups is 1. The van der Waals surface area contributed by atoms with Crippen molar-refractivity contribution in [2.24, 2.45) is 5.73 Å². The van der Waals surface area contributed by atoms with Crippen LogP contribution in [0.1, 0.15) is 5.56 Å². The molecule has 86 valence electrons. The molecule has 0 radical (unpaired) electrons. The van der Waals surface area contributed by atoms with Gasteiger partial charge in [-0.3, -0.25) is 5.41 Å². The summed E-state index contributed by atoms with van der Waals surface area (Å²) in [5, 5.41) is 16.9. The Kier molecular flexibility index (Phi) is 3.34. The molecule has 0 saturated heterocycles. The van der Waals surface area contributed by atoms with Crippen LogP contribution in [0, 0.1) is 5.41 Å². The first-order valence-corrected chi connectivity index (χ1v) is 6.26. The minimum absolute atomic E-state index is 0.304. The maximum atomic E-state index is 11.3. The molecule has 6 heteroatoms. The van der Waals surface area contributed by atoms with Crippen LogP contribution in [0.25, 0.3) is 5.76 Å². The summed E-state index contributed by atoms with van der Waals surface area (Å²) in [6.45, 7) is 0. The summed E-state index contributed by atoms with van der Waals surface area (Å²) >= 11 is 0. The Labute approximate surface area is 93.6 Å². The van der Waals surface area contributed by atoms with Gasteiger partial charge in [0.1, 0.15) is 11.6 Å². The van der Waals surface area contributed by atoms with Gasteiger partial charge in [0, 0.05) is 11.8 Å². The van der Waals surface area contributed by atoms with Crippen LogP contribution in [-0.2, 0) is 9.84 Å². The molecule has 0 heterocycles. The third-order valence-electron chi connectivity index (χ3n) is 1.88. The van der Waals surface area contributed by atoms with Crippen LogP contribution in [0.5, 0.6) is 0 Å². The van der Waals surface area contributed by atoms with Crippen LogP contribution in [0.2, 0.25) is 0 Å². The van der Waals surface area contributed by atoms with E-state index in [1.807, 2.05) is 0 Å². The molecule has 5 nitrogen and oxygen atoms in total. The summed E-state index contributed by atoms with van der Waals surface area (Å²) in [4.78, 5) is -0.557. The molecule has 0 aromatic heterocycles. The summed E-state index contributed by atoms with van der Waals surface area (Å²) in [5.74, 6) is -1.18. The van der Waals surface area contributed by atoms with Crippen molar-refractivity contribution in [1.29, 1.82) is 5.41 Å². The second-order valence-electron chi connectivity index (χ2n) is 3.23. The molecule has 0 spiro atoms. The lowest BCUT2D eigenvalue weighted by atomic mass is 10.2. The van der Waals surface area contributed by atoms with Crippen molar-refractivity contribution >= 4 is 21.4 Å². The number of aliphatic hydroxyl groups is 1. The van der Waals surface area contributed by atoms with Gasteiger partial charge in [-0.2, -0.15) is 0 Å². The Morgan fingerprint density at radius 3 is 2.19 bits per heavy atom. The van der Waals surface area contributed by atoms with Gasteiger partial charge in [0.25, 0.3) is 0 Å². The van der Waals surface area contributed by atoms with Gasteiger partial charge in [0.15, 0.2) is 14.7 Å². The van der Waals surface area contributed by atoms with E-state index in [0.29, 0.717) is 5.56 Å². The third-order valence-corrected chi connectivity index (χ3v) is 3.03. The number of aliphatic hydroxyl groups excluding tert-OH is 1. The van der Waals surface area contributed by atoms with Crippen LogP contribution in [0.4, 0.5) is 0 Å². The molecule has 0 aliphatic heterocycles. The molecule has 4 N–H and O–H groups in total. The number of nitrogens with two attached hydrogens (primary N) is 1. The van der Waals surface area contributed by atoms with Gasteiger partial charge >= 0.3 is 0 Å². The van der Waals surface area contributed by atoms with E-state index in [-0.39, 0.29) is 0 Å². The molecule has 1 rings (SSSR count). The highest BCUT2D eigenvalue weighted by Crippen LogP contribution is 2.19. The quantitative estimate of drug-likeness (QED) is 0.414. The van der Waals surface area contributed by atoms with Crippen LogP contribution >= 0.6 is 0 Å². The Bertz CT molecular complexity index is 532. The first-order chi connectivity index (χ1) is 7.34. The zero-order valence-electron chi connectivity index (χ0n) is 8.64. The molecule has 0 fully saturated rings. The second kappa shape index (κ2) is 4.36. The van der Waals surface area contributed by atoms with Gasteiger partial charge in [-0.1, -0.05) is 30.3 Å².